The van der Waals surface area contributed by atoms with E-state index in [0.717, 1.165) is 10.9 Å². The van der Waals surface area contributed by atoms with E-state index in [1.54, 1.807) is 30.3 Å². The van der Waals surface area contributed by atoms with Crippen LogP contribution in [0.4, 0.5) is 19.0 Å². The van der Waals surface area contributed by atoms with E-state index in [-0.39, 0.29) is 11.7 Å². The van der Waals surface area contributed by atoms with Gasteiger partial charge in [0.05, 0.1) is 24.0 Å². The van der Waals surface area contributed by atoms with Gasteiger partial charge >= 0.3 is 6.18 Å². The second kappa shape index (κ2) is 9.02. The lowest BCUT2D eigenvalue weighted by Crippen LogP contribution is -2.33. The molecule has 0 saturated carbocycles. The number of fused-ring (bicyclic) bond motifs is 2. The Morgan fingerprint density at radius 1 is 1.19 bits per heavy atom. The molecule has 0 aliphatic carbocycles. The molecule has 0 radical (unpaired) electrons. The van der Waals surface area contributed by atoms with Crippen LogP contribution in [-0.2, 0) is 6.54 Å². The molecule has 3 N–H and O–H groups in total. The summed E-state index contributed by atoms with van der Waals surface area (Å²) in [6.45, 7) is 0.848. The van der Waals surface area contributed by atoms with Crippen molar-refractivity contribution in [3.8, 4) is 0 Å². The van der Waals surface area contributed by atoms with Crippen molar-refractivity contribution in [3.05, 3.63) is 42.7 Å². The van der Waals surface area contributed by atoms with Gasteiger partial charge in [0, 0.05) is 51.0 Å². The minimum atomic E-state index is -4.39. The Kier molecular flexibility index (Phi) is 6.00. The second-order valence-corrected chi connectivity index (χ2v) is 8.86. The summed E-state index contributed by atoms with van der Waals surface area (Å²) >= 11 is 0. The zero-order chi connectivity index (χ0) is 25.6. The van der Waals surface area contributed by atoms with Gasteiger partial charge in [0.15, 0.2) is 17.0 Å². The number of hydrogen-bond acceptors (Lipinski definition) is 8. The number of likely N-dealkylation sites (tertiary alicyclic amines) is 1. The van der Waals surface area contributed by atoms with Gasteiger partial charge in [0.1, 0.15) is 18.5 Å². The second-order valence-electron chi connectivity index (χ2n) is 8.86. The molecule has 0 spiro atoms. The quantitative estimate of drug-likeness (QED) is 0.385. The highest BCUT2D eigenvalue weighted by Gasteiger charge is 2.34. The monoisotopic (exact) mass is 503 g/mol. The van der Waals surface area contributed by atoms with Crippen LogP contribution in [0.5, 0.6) is 0 Å². The Balaban J connectivity index is 1.28. The Labute approximate surface area is 203 Å². The van der Waals surface area contributed by atoms with E-state index in [4.69, 9.17) is 5.73 Å². The zero-order valence-corrected chi connectivity index (χ0v) is 19.3. The molecule has 5 rings (SSSR count). The molecule has 0 unspecified atom stereocenters. The molecule has 11 nitrogen and oxygen atoms in total. The topological polar surface area (TPSA) is 131 Å². The summed E-state index contributed by atoms with van der Waals surface area (Å²) in [6, 6.07) is 3.06. The van der Waals surface area contributed by atoms with Crippen LogP contribution in [0.25, 0.3) is 22.2 Å². The number of primary amides is 1. The number of hydrogen-bond donors (Lipinski definition) is 2. The smallest absolute Gasteiger partial charge is 0.390 e. The van der Waals surface area contributed by atoms with E-state index in [1.807, 2.05) is 4.57 Å². The van der Waals surface area contributed by atoms with Crippen molar-refractivity contribution in [3.63, 3.8) is 0 Å². The third-order valence-electron chi connectivity index (χ3n) is 6.42. The number of nitrogens with zero attached hydrogens (tertiary/aromatic N) is 8. The lowest BCUT2D eigenvalue weighted by atomic mass is 10.2. The third-order valence-corrected chi connectivity index (χ3v) is 6.42. The number of alkyl halides is 3. The van der Waals surface area contributed by atoms with E-state index in [9.17, 15) is 23.1 Å². The first-order chi connectivity index (χ1) is 17.1. The molecule has 4 aromatic heterocycles. The average Bonchev–Trinajstić information content (AvgIpc) is 3.52. The molecular formula is C22H24F3N9O2. The highest BCUT2D eigenvalue weighted by Crippen LogP contribution is 2.29. The van der Waals surface area contributed by atoms with E-state index < -0.39 is 24.7 Å². The summed E-state index contributed by atoms with van der Waals surface area (Å²) in [5, 5.41) is 11.4. The summed E-state index contributed by atoms with van der Waals surface area (Å²) in [5.41, 5.74) is 6.82. The minimum absolute atomic E-state index is 0.114. The number of aliphatic hydroxyl groups excluding tert-OH is 1. The maximum Gasteiger partial charge on any atom is 0.406 e. The number of β-amino-alcohol motifs (C(OH)–C–C–N with tert-alkyl or cyclic N) is 1. The highest BCUT2D eigenvalue weighted by atomic mass is 19.4. The van der Waals surface area contributed by atoms with Crippen LogP contribution in [0.15, 0.2) is 37.2 Å². The SMILES string of the molecule is CN(CCN1C[C@@H](O)[C@H](n2ccc3c(C(N)=O)ccnc32)C1)c1ncnc2c1ncn2CC(F)(F)F. The largest absolute Gasteiger partial charge is 0.406 e. The lowest BCUT2D eigenvalue weighted by Gasteiger charge is -2.22. The molecule has 1 amide bonds. The zero-order valence-electron chi connectivity index (χ0n) is 19.3. The van der Waals surface area contributed by atoms with E-state index in [1.165, 1.54) is 12.5 Å². The minimum Gasteiger partial charge on any atom is -0.390 e. The van der Waals surface area contributed by atoms with Crippen molar-refractivity contribution in [2.75, 3.05) is 38.1 Å². The fourth-order valence-electron chi connectivity index (χ4n) is 4.70. The Bertz CT molecular complexity index is 1420. The van der Waals surface area contributed by atoms with Gasteiger partial charge in [0.2, 0.25) is 5.91 Å². The molecule has 2 atom stereocenters. The van der Waals surface area contributed by atoms with Crippen molar-refractivity contribution in [1.29, 1.82) is 0 Å². The van der Waals surface area contributed by atoms with E-state index in [0.29, 0.717) is 54.1 Å². The van der Waals surface area contributed by atoms with Crippen LogP contribution in [0.1, 0.15) is 16.4 Å². The standard InChI is InChI=1S/C22H24F3N9O2/c1-31(20-17-21(29-11-28-20)33(12-30-17)10-22(23,24)25)6-7-32-8-15(16(35)9-32)34-5-3-14-13(18(26)36)2-4-27-19(14)34/h2-5,11-12,15-16,35H,6-10H2,1H3,(H2,26,36)/t15-,16-/m1/s1. The Hall–Kier alpha value is -3.78. The number of halogens is 3. The number of amides is 1. The van der Waals surface area contributed by atoms with Crippen LogP contribution in [0.2, 0.25) is 0 Å². The van der Waals surface area contributed by atoms with Gasteiger partial charge in [-0.25, -0.2) is 19.9 Å². The first-order valence-electron chi connectivity index (χ1n) is 11.2. The van der Waals surface area contributed by atoms with Crippen LogP contribution in [-0.4, -0.2) is 90.5 Å². The molecular weight excluding hydrogens is 479 g/mol. The summed E-state index contributed by atoms with van der Waals surface area (Å²) in [7, 11) is 1.78. The molecule has 36 heavy (non-hydrogen) atoms. The van der Waals surface area contributed by atoms with Gasteiger partial charge < -0.3 is 24.9 Å². The predicted octanol–water partition coefficient (Wildman–Crippen LogP) is 1.19. The molecule has 4 aromatic rings. The van der Waals surface area contributed by atoms with Crippen molar-refractivity contribution < 1.29 is 23.1 Å². The van der Waals surface area contributed by atoms with Crippen molar-refractivity contribution in [2.24, 2.45) is 5.73 Å². The number of rotatable bonds is 7. The van der Waals surface area contributed by atoms with Crippen LogP contribution >= 0.6 is 0 Å². The number of pyridine rings is 1. The van der Waals surface area contributed by atoms with E-state index >= 15 is 0 Å². The fourth-order valence-corrected chi connectivity index (χ4v) is 4.70. The average molecular weight is 503 g/mol. The molecule has 1 aliphatic heterocycles. The maximum atomic E-state index is 12.9. The first kappa shape index (κ1) is 23.9. The van der Waals surface area contributed by atoms with Crippen LogP contribution < -0.4 is 10.6 Å². The molecule has 0 aromatic carbocycles. The Morgan fingerprint density at radius 3 is 2.75 bits per heavy atom. The van der Waals surface area contributed by atoms with Gasteiger partial charge in [-0.2, -0.15) is 13.2 Å². The number of imidazole rings is 1. The van der Waals surface area contributed by atoms with Gasteiger partial charge in [-0.3, -0.25) is 9.69 Å². The van der Waals surface area contributed by atoms with Gasteiger partial charge in [0.25, 0.3) is 0 Å². The number of carbonyl (C=O) groups is 1. The fraction of sp³-hybridized carbons (Fsp3) is 0.409. The number of aromatic nitrogens is 6. The molecule has 1 saturated heterocycles. The highest BCUT2D eigenvalue weighted by molar-refractivity contribution is 6.04. The summed E-state index contributed by atoms with van der Waals surface area (Å²) in [5.74, 6) is -0.115. The predicted molar refractivity (Wildman–Crippen MR) is 124 cm³/mol. The van der Waals surface area contributed by atoms with Gasteiger partial charge in [-0.05, 0) is 12.1 Å². The summed E-state index contributed by atoms with van der Waals surface area (Å²) in [6.07, 6.45) is 0.607. The third kappa shape index (κ3) is 4.44. The van der Waals surface area contributed by atoms with Crippen molar-refractivity contribution in [1.82, 2.24) is 34.0 Å². The number of anilines is 1. The molecule has 1 aliphatic rings. The summed E-state index contributed by atoms with van der Waals surface area (Å²) in [4.78, 5) is 32.3. The number of likely N-dealkylation sites (N-methyl/N-ethyl adjacent to an activating group) is 1. The molecule has 14 heteroatoms. The molecule has 0 bridgehead atoms. The number of aliphatic hydroxyl groups is 1. The summed E-state index contributed by atoms with van der Waals surface area (Å²) < 4.78 is 41.4. The normalized spacial score (nSPS) is 18.9. The van der Waals surface area contributed by atoms with Crippen molar-refractivity contribution in [2.45, 2.75) is 24.9 Å². The van der Waals surface area contributed by atoms with Crippen LogP contribution in [0.3, 0.4) is 0 Å². The molecule has 5 heterocycles. The first-order valence-corrected chi connectivity index (χ1v) is 11.2. The maximum absolute atomic E-state index is 12.9. The van der Waals surface area contributed by atoms with Crippen LogP contribution in [0, 0.1) is 0 Å². The molecule has 1 fully saturated rings. The van der Waals surface area contributed by atoms with Gasteiger partial charge in [-0.15, -0.1) is 0 Å². The number of carbonyl (C=O) groups excluding carboxylic acids is 1. The number of nitrogens with two attached hydrogens (primary N) is 1. The van der Waals surface area contributed by atoms with Crippen molar-refractivity contribution >= 4 is 33.9 Å². The van der Waals surface area contributed by atoms with E-state index in [2.05, 4.69) is 24.8 Å². The van der Waals surface area contributed by atoms with Gasteiger partial charge in [-0.1, -0.05) is 0 Å². The molecule has 190 valence electrons. The Morgan fingerprint density at radius 2 is 2.00 bits per heavy atom. The lowest BCUT2D eigenvalue weighted by molar-refractivity contribution is -0.140.